The zero-order chi connectivity index (χ0) is 37.8. The van der Waals surface area contributed by atoms with Crippen LogP contribution < -0.4 is 21.3 Å². The molecule has 3 aliphatic rings. The third kappa shape index (κ3) is 9.55. The first-order chi connectivity index (χ1) is 23.2. The molecule has 0 bridgehead atoms. The van der Waals surface area contributed by atoms with Gasteiger partial charge in [-0.1, -0.05) is 73.6 Å². The summed E-state index contributed by atoms with van der Waals surface area (Å²) in [5.74, 6) is -2.43. The number of unbranched alkanes of at least 4 members (excludes halogenated alkanes) is 1. The number of carbonyl (C=O) groups is 5. The Kier molecular flexibility index (Phi) is 13.9. The van der Waals surface area contributed by atoms with Gasteiger partial charge < -0.3 is 26.2 Å². The van der Waals surface area contributed by atoms with E-state index in [4.69, 9.17) is 0 Å². The molecule has 2 aliphatic carbocycles. The van der Waals surface area contributed by atoms with Crippen LogP contribution in [0, 0.1) is 28.6 Å². The zero-order valence-electron chi connectivity index (χ0n) is 31.9. The predicted octanol–water partition coefficient (Wildman–Crippen LogP) is 2.25. The van der Waals surface area contributed by atoms with Crippen molar-refractivity contribution in [3.05, 3.63) is 0 Å². The van der Waals surface area contributed by atoms with Crippen molar-refractivity contribution < 1.29 is 32.4 Å². The molecule has 4 N–H and O–H groups in total. The van der Waals surface area contributed by atoms with Gasteiger partial charge in [-0.3, -0.25) is 19.2 Å². The van der Waals surface area contributed by atoms with Crippen molar-refractivity contribution in [1.82, 2.24) is 34.8 Å². The number of hydrogen-bond acceptors (Lipinski definition) is 7. The van der Waals surface area contributed by atoms with Gasteiger partial charge in [-0.2, -0.15) is 17.0 Å². The first-order valence-electron chi connectivity index (χ1n) is 18.3. The fourth-order valence-corrected chi connectivity index (χ4v) is 8.58. The summed E-state index contributed by atoms with van der Waals surface area (Å²) in [5, 5.41) is 11.3. The Hall–Kier alpha value is -2.78. The average molecular weight is 726 g/mol. The van der Waals surface area contributed by atoms with Gasteiger partial charge in [0.1, 0.15) is 12.1 Å². The lowest BCUT2D eigenvalue weighted by atomic mass is 9.83. The highest BCUT2D eigenvalue weighted by atomic mass is 32.2. The summed E-state index contributed by atoms with van der Waals surface area (Å²) in [5.41, 5.74) is -0.714. The monoisotopic (exact) mass is 725 g/mol. The number of nitrogens with zero attached hydrogens (tertiary/aromatic N) is 3. The first kappa shape index (κ1) is 41.6. The molecule has 286 valence electrons. The van der Waals surface area contributed by atoms with Crippen LogP contribution in [-0.4, -0.2) is 116 Å². The van der Waals surface area contributed by atoms with Gasteiger partial charge in [0.2, 0.25) is 17.6 Å². The molecule has 1 saturated heterocycles. The third-order valence-electron chi connectivity index (χ3n) is 11.1. The van der Waals surface area contributed by atoms with E-state index in [1.807, 2.05) is 27.7 Å². The largest absolute Gasteiger partial charge is 0.350 e. The number of amides is 5. The molecule has 0 aromatic carbocycles. The molecule has 1 unspecified atom stereocenters. The minimum absolute atomic E-state index is 0.0144. The van der Waals surface area contributed by atoms with E-state index in [2.05, 4.69) is 35.1 Å². The van der Waals surface area contributed by atoms with Crippen molar-refractivity contribution in [1.29, 1.82) is 0 Å². The lowest BCUT2D eigenvalue weighted by Crippen LogP contribution is -2.62. The van der Waals surface area contributed by atoms with Crippen molar-refractivity contribution >= 4 is 39.7 Å². The molecule has 0 aromatic rings. The van der Waals surface area contributed by atoms with Crippen LogP contribution in [0.3, 0.4) is 0 Å². The number of ketones is 1. The molecule has 1 heterocycles. The molecule has 0 aromatic heterocycles. The van der Waals surface area contributed by atoms with Gasteiger partial charge in [0.25, 0.3) is 16.1 Å². The summed E-state index contributed by atoms with van der Waals surface area (Å²) in [4.78, 5) is 69.6. The van der Waals surface area contributed by atoms with Crippen molar-refractivity contribution in [2.24, 2.45) is 28.6 Å². The fourth-order valence-electron chi connectivity index (χ4n) is 7.69. The maximum absolute atomic E-state index is 14.6. The highest BCUT2D eigenvalue weighted by Crippen LogP contribution is 2.65. The SMILES string of the molecule is CCCCC(NC(=O)[C@@H]1[C@@H]2[C@H](CN1C(=O)[C@@H](NC(=O)N[C@H](CN(C)S(=O)(=O)N(C)C)C(C)(C)C)C1CCCCC1)C2(C)C)C(=O)C(=O)NCC. The van der Waals surface area contributed by atoms with Gasteiger partial charge in [0.15, 0.2) is 0 Å². The van der Waals surface area contributed by atoms with Crippen molar-refractivity contribution in [3.63, 3.8) is 0 Å². The van der Waals surface area contributed by atoms with E-state index < -0.39 is 63.4 Å². The quantitative estimate of drug-likeness (QED) is 0.176. The number of hydrogen-bond donors (Lipinski definition) is 4. The van der Waals surface area contributed by atoms with Crippen LogP contribution in [0.25, 0.3) is 0 Å². The number of carbonyl (C=O) groups excluding carboxylic acids is 5. The normalized spacial score (nSPS) is 23.8. The number of Topliss-reactive ketones (excluding diaryl/α,β-unsaturated/α-hetero) is 1. The molecule has 5 amide bonds. The Morgan fingerprint density at radius 3 is 2.10 bits per heavy atom. The molecule has 1 aliphatic heterocycles. The third-order valence-corrected chi connectivity index (χ3v) is 13.0. The van der Waals surface area contributed by atoms with Crippen LogP contribution in [-0.2, 0) is 29.4 Å². The number of piperidine rings is 1. The molecule has 6 atom stereocenters. The molecule has 15 heteroatoms. The van der Waals surface area contributed by atoms with E-state index in [9.17, 15) is 32.4 Å². The second-order valence-corrected chi connectivity index (χ2v) is 18.5. The molecular weight excluding hydrogens is 662 g/mol. The Morgan fingerprint density at radius 1 is 0.940 bits per heavy atom. The minimum atomic E-state index is -3.73. The standard InChI is InChI=1S/C35H63N7O7S/c1-11-13-19-24(29(43)31(45)36-12-2)37-30(44)28-26-23(35(26,6)7)20-42(28)32(46)27(22-17-15-14-16-18-22)39-33(47)38-25(34(3,4)5)21-41(10)50(48,49)40(8)9/h22-28H,11-21H2,1-10H3,(H,36,45)(H,37,44)(H2,38,39,47)/t23-,24?,25+,26-,27-,28-/m0/s1. The maximum Gasteiger partial charge on any atom is 0.315 e. The minimum Gasteiger partial charge on any atom is -0.350 e. The van der Waals surface area contributed by atoms with Gasteiger partial charge in [-0.05, 0) is 54.8 Å². The highest BCUT2D eigenvalue weighted by Gasteiger charge is 2.69. The van der Waals surface area contributed by atoms with Crippen LogP contribution in [0.4, 0.5) is 4.79 Å². The molecule has 14 nitrogen and oxygen atoms in total. The summed E-state index contributed by atoms with van der Waals surface area (Å²) in [6.45, 7) is 14.2. The highest BCUT2D eigenvalue weighted by molar-refractivity contribution is 7.86. The van der Waals surface area contributed by atoms with Crippen molar-refractivity contribution in [2.45, 2.75) is 124 Å². The van der Waals surface area contributed by atoms with Crippen molar-refractivity contribution in [3.8, 4) is 0 Å². The zero-order valence-corrected chi connectivity index (χ0v) is 32.7. The smallest absolute Gasteiger partial charge is 0.315 e. The lowest BCUT2D eigenvalue weighted by Gasteiger charge is -2.38. The summed E-state index contributed by atoms with van der Waals surface area (Å²) < 4.78 is 27.9. The maximum atomic E-state index is 14.6. The van der Waals surface area contributed by atoms with Crippen LogP contribution >= 0.6 is 0 Å². The van der Waals surface area contributed by atoms with E-state index in [0.29, 0.717) is 19.4 Å². The molecule has 2 saturated carbocycles. The Bertz CT molecular complexity index is 1360. The summed E-state index contributed by atoms with van der Waals surface area (Å²) in [6, 6.07) is -3.93. The molecule has 3 rings (SSSR count). The topological polar surface area (TPSA) is 177 Å². The average Bonchev–Trinajstić information content (AvgIpc) is 3.34. The number of likely N-dealkylation sites (N-methyl/N-ethyl adjacent to an activating group) is 2. The Morgan fingerprint density at radius 2 is 1.56 bits per heavy atom. The molecular formula is C35H63N7O7S. The summed E-state index contributed by atoms with van der Waals surface area (Å²) >= 11 is 0. The van der Waals surface area contributed by atoms with Crippen LogP contribution in [0.15, 0.2) is 0 Å². The van der Waals surface area contributed by atoms with Crippen LogP contribution in [0.5, 0.6) is 0 Å². The van der Waals surface area contributed by atoms with E-state index in [0.717, 1.165) is 42.8 Å². The summed E-state index contributed by atoms with van der Waals surface area (Å²) in [6.07, 6.45) is 6.07. The molecule has 0 radical (unpaired) electrons. The van der Waals surface area contributed by atoms with Crippen molar-refractivity contribution in [2.75, 3.05) is 40.8 Å². The van der Waals surface area contributed by atoms with Gasteiger partial charge in [0, 0.05) is 46.8 Å². The Balaban J connectivity index is 1.88. The predicted molar refractivity (Wildman–Crippen MR) is 192 cm³/mol. The number of nitrogens with one attached hydrogen (secondary N) is 4. The second kappa shape index (κ2) is 16.7. The number of urea groups is 1. The molecule has 3 fully saturated rings. The lowest BCUT2D eigenvalue weighted by molar-refractivity contribution is -0.144. The number of rotatable bonds is 16. The number of fused-ring (bicyclic) bond motifs is 1. The Labute approximate surface area is 299 Å². The van der Waals surface area contributed by atoms with Gasteiger partial charge in [-0.25, -0.2) is 4.79 Å². The van der Waals surface area contributed by atoms with Crippen LogP contribution in [0.2, 0.25) is 0 Å². The first-order valence-corrected chi connectivity index (χ1v) is 19.7. The van der Waals surface area contributed by atoms with E-state index >= 15 is 0 Å². The summed E-state index contributed by atoms with van der Waals surface area (Å²) in [7, 11) is 0.623. The van der Waals surface area contributed by atoms with E-state index in [1.165, 1.54) is 25.4 Å². The van der Waals surface area contributed by atoms with Crippen LogP contribution in [0.1, 0.15) is 99.8 Å². The van der Waals surface area contributed by atoms with Gasteiger partial charge >= 0.3 is 6.03 Å². The van der Waals surface area contributed by atoms with Gasteiger partial charge in [-0.15, -0.1) is 0 Å². The molecule has 0 spiro atoms. The molecule has 50 heavy (non-hydrogen) atoms. The second-order valence-electron chi connectivity index (χ2n) is 16.3. The van der Waals surface area contributed by atoms with Gasteiger partial charge in [0.05, 0.1) is 6.04 Å². The number of likely N-dealkylation sites (tertiary alicyclic amines) is 1. The van der Waals surface area contributed by atoms with E-state index in [-0.39, 0.29) is 42.2 Å². The fraction of sp³-hybridized carbons (Fsp3) is 0.857. The van der Waals surface area contributed by atoms with E-state index in [1.54, 1.807) is 11.8 Å².